The average Bonchev–Trinajstić information content (AvgIpc) is 2.50. The molecule has 0 radical (unpaired) electrons. The van der Waals surface area contributed by atoms with Gasteiger partial charge in [-0.15, -0.1) is 0 Å². The van der Waals surface area contributed by atoms with E-state index in [-0.39, 0.29) is 6.04 Å². The quantitative estimate of drug-likeness (QED) is 0.890. The van der Waals surface area contributed by atoms with Crippen LogP contribution in [0.3, 0.4) is 0 Å². The van der Waals surface area contributed by atoms with E-state index in [2.05, 4.69) is 56.1 Å². The van der Waals surface area contributed by atoms with Crippen LogP contribution in [0.15, 0.2) is 42.5 Å². The SMILES string of the molecule is CCc1ccc(N(C)C(CN)c2ccc(Cl)cc2C)cc1. The maximum atomic E-state index is 6.05. The summed E-state index contributed by atoms with van der Waals surface area (Å²) in [7, 11) is 2.09. The molecule has 1 unspecified atom stereocenters. The lowest BCUT2D eigenvalue weighted by atomic mass is 9.99. The zero-order valence-corrected chi connectivity index (χ0v) is 13.7. The summed E-state index contributed by atoms with van der Waals surface area (Å²) in [6.45, 7) is 4.81. The number of nitrogens with zero attached hydrogens (tertiary/aromatic N) is 1. The lowest BCUT2D eigenvalue weighted by Gasteiger charge is -2.30. The van der Waals surface area contributed by atoms with Crippen LogP contribution >= 0.6 is 11.6 Å². The molecule has 0 aromatic heterocycles. The van der Waals surface area contributed by atoms with Crippen LogP contribution in [-0.2, 0) is 6.42 Å². The predicted molar refractivity (Wildman–Crippen MR) is 92.2 cm³/mol. The van der Waals surface area contributed by atoms with Gasteiger partial charge in [0, 0.05) is 24.3 Å². The Kier molecular flexibility index (Phi) is 5.27. The van der Waals surface area contributed by atoms with E-state index in [1.54, 1.807) is 0 Å². The second-order valence-corrected chi connectivity index (χ2v) is 5.82. The standard InChI is InChI=1S/C18H23ClN2/c1-4-14-5-8-16(9-6-14)21(3)18(12-20)17-10-7-15(19)11-13(17)2/h5-11,18H,4,12,20H2,1-3H3. The molecule has 0 spiro atoms. The molecule has 0 aliphatic carbocycles. The Labute approximate surface area is 132 Å². The van der Waals surface area contributed by atoms with Crippen LogP contribution in [0.5, 0.6) is 0 Å². The molecule has 1 atom stereocenters. The van der Waals surface area contributed by atoms with Crippen LogP contribution in [0, 0.1) is 6.92 Å². The van der Waals surface area contributed by atoms with Gasteiger partial charge in [0.05, 0.1) is 6.04 Å². The van der Waals surface area contributed by atoms with Gasteiger partial charge in [0.2, 0.25) is 0 Å². The van der Waals surface area contributed by atoms with E-state index < -0.39 is 0 Å². The summed E-state index contributed by atoms with van der Waals surface area (Å²) in [5.41, 5.74) is 11.0. The molecule has 0 heterocycles. The van der Waals surface area contributed by atoms with Crippen molar-refractivity contribution in [3.63, 3.8) is 0 Å². The molecule has 0 amide bonds. The maximum Gasteiger partial charge on any atom is 0.0664 e. The lowest BCUT2D eigenvalue weighted by molar-refractivity contribution is 0.676. The van der Waals surface area contributed by atoms with E-state index in [1.807, 2.05) is 12.1 Å². The molecule has 112 valence electrons. The second kappa shape index (κ2) is 6.97. The number of aryl methyl sites for hydroxylation is 2. The smallest absolute Gasteiger partial charge is 0.0664 e. The van der Waals surface area contributed by atoms with Gasteiger partial charge in [-0.25, -0.2) is 0 Å². The van der Waals surface area contributed by atoms with E-state index in [1.165, 1.54) is 22.4 Å². The molecule has 2 aromatic rings. The third-order valence-electron chi connectivity index (χ3n) is 4.03. The van der Waals surface area contributed by atoms with Crippen LogP contribution in [0.25, 0.3) is 0 Å². The van der Waals surface area contributed by atoms with Crippen LogP contribution in [-0.4, -0.2) is 13.6 Å². The molecule has 0 fully saturated rings. The van der Waals surface area contributed by atoms with Gasteiger partial charge in [0.1, 0.15) is 0 Å². The summed E-state index contributed by atoms with van der Waals surface area (Å²) in [6.07, 6.45) is 1.06. The normalized spacial score (nSPS) is 12.2. The fourth-order valence-electron chi connectivity index (χ4n) is 2.65. The zero-order chi connectivity index (χ0) is 15.4. The van der Waals surface area contributed by atoms with E-state index in [9.17, 15) is 0 Å². The summed E-state index contributed by atoms with van der Waals surface area (Å²) < 4.78 is 0. The molecule has 2 N–H and O–H groups in total. The lowest BCUT2D eigenvalue weighted by Crippen LogP contribution is -2.31. The van der Waals surface area contributed by atoms with Gasteiger partial charge < -0.3 is 10.6 Å². The Morgan fingerprint density at radius 3 is 2.33 bits per heavy atom. The van der Waals surface area contributed by atoms with Crippen LogP contribution in [0.4, 0.5) is 5.69 Å². The largest absolute Gasteiger partial charge is 0.366 e. The summed E-state index contributed by atoms with van der Waals surface area (Å²) in [6, 6.07) is 14.8. The van der Waals surface area contributed by atoms with Crippen molar-refractivity contribution >= 4 is 17.3 Å². The number of hydrogen-bond acceptors (Lipinski definition) is 2. The molecule has 0 saturated heterocycles. The first kappa shape index (κ1) is 15.9. The molecule has 0 saturated carbocycles. The Balaban J connectivity index is 2.30. The molecule has 3 heteroatoms. The zero-order valence-electron chi connectivity index (χ0n) is 12.9. The van der Waals surface area contributed by atoms with Gasteiger partial charge in [0.25, 0.3) is 0 Å². The van der Waals surface area contributed by atoms with Crippen molar-refractivity contribution in [1.82, 2.24) is 0 Å². The number of anilines is 1. The van der Waals surface area contributed by atoms with Gasteiger partial charge in [-0.1, -0.05) is 36.7 Å². The average molecular weight is 303 g/mol. The Morgan fingerprint density at radius 2 is 1.81 bits per heavy atom. The van der Waals surface area contributed by atoms with E-state index in [0.717, 1.165) is 11.4 Å². The highest BCUT2D eigenvalue weighted by atomic mass is 35.5. The van der Waals surface area contributed by atoms with Gasteiger partial charge in [-0.05, 0) is 54.3 Å². The number of halogens is 1. The Hall–Kier alpha value is -1.51. The van der Waals surface area contributed by atoms with E-state index >= 15 is 0 Å². The van der Waals surface area contributed by atoms with Gasteiger partial charge in [-0.3, -0.25) is 0 Å². The Bertz CT molecular complexity index is 593. The molecular weight excluding hydrogens is 280 g/mol. The van der Waals surface area contributed by atoms with E-state index in [0.29, 0.717) is 6.54 Å². The second-order valence-electron chi connectivity index (χ2n) is 5.38. The minimum absolute atomic E-state index is 0.148. The number of nitrogens with two attached hydrogens (primary N) is 1. The molecule has 2 nitrogen and oxygen atoms in total. The topological polar surface area (TPSA) is 29.3 Å². The first-order valence-corrected chi connectivity index (χ1v) is 7.72. The molecule has 2 rings (SSSR count). The molecule has 0 aliphatic rings. The third-order valence-corrected chi connectivity index (χ3v) is 4.27. The van der Waals surface area contributed by atoms with Gasteiger partial charge in [-0.2, -0.15) is 0 Å². The van der Waals surface area contributed by atoms with Crippen molar-refractivity contribution in [3.8, 4) is 0 Å². The molecule has 21 heavy (non-hydrogen) atoms. The van der Waals surface area contributed by atoms with Crippen LogP contribution in [0.2, 0.25) is 5.02 Å². The highest BCUT2D eigenvalue weighted by Crippen LogP contribution is 2.28. The predicted octanol–water partition coefficient (Wildman–Crippen LogP) is 4.35. The first-order chi connectivity index (χ1) is 10.1. The first-order valence-electron chi connectivity index (χ1n) is 7.34. The minimum Gasteiger partial charge on any atom is -0.366 e. The minimum atomic E-state index is 0.148. The van der Waals surface area contributed by atoms with Crippen molar-refractivity contribution in [3.05, 3.63) is 64.2 Å². The summed E-state index contributed by atoms with van der Waals surface area (Å²) in [4.78, 5) is 2.23. The van der Waals surface area contributed by atoms with Gasteiger partial charge in [0.15, 0.2) is 0 Å². The highest BCUT2D eigenvalue weighted by molar-refractivity contribution is 6.30. The molecular formula is C18H23ClN2. The molecule has 0 bridgehead atoms. The summed E-state index contributed by atoms with van der Waals surface area (Å²) >= 11 is 6.05. The fourth-order valence-corrected chi connectivity index (χ4v) is 2.88. The third kappa shape index (κ3) is 3.58. The fraction of sp³-hybridized carbons (Fsp3) is 0.333. The molecule has 0 aliphatic heterocycles. The number of hydrogen-bond donors (Lipinski definition) is 1. The van der Waals surface area contributed by atoms with Crippen LogP contribution < -0.4 is 10.6 Å². The van der Waals surface area contributed by atoms with Gasteiger partial charge >= 0.3 is 0 Å². The van der Waals surface area contributed by atoms with Crippen molar-refractivity contribution < 1.29 is 0 Å². The van der Waals surface area contributed by atoms with Crippen molar-refractivity contribution in [1.29, 1.82) is 0 Å². The number of likely N-dealkylation sites (N-methyl/N-ethyl adjacent to an activating group) is 1. The number of rotatable bonds is 5. The van der Waals surface area contributed by atoms with Crippen molar-refractivity contribution in [2.45, 2.75) is 26.3 Å². The summed E-state index contributed by atoms with van der Waals surface area (Å²) in [5, 5.41) is 0.766. The number of benzene rings is 2. The van der Waals surface area contributed by atoms with Crippen molar-refractivity contribution in [2.75, 3.05) is 18.5 Å². The molecule has 2 aromatic carbocycles. The highest BCUT2D eigenvalue weighted by Gasteiger charge is 2.18. The van der Waals surface area contributed by atoms with Crippen LogP contribution in [0.1, 0.15) is 29.7 Å². The van der Waals surface area contributed by atoms with E-state index in [4.69, 9.17) is 17.3 Å². The summed E-state index contributed by atoms with van der Waals surface area (Å²) in [5.74, 6) is 0. The maximum absolute atomic E-state index is 6.05. The van der Waals surface area contributed by atoms with Crippen molar-refractivity contribution in [2.24, 2.45) is 5.73 Å². The monoisotopic (exact) mass is 302 g/mol. The Morgan fingerprint density at radius 1 is 1.14 bits per heavy atom.